The van der Waals surface area contributed by atoms with Gasteiger partial charge in [0, 0.05) is 18.8 Å². The van der Waals surface area contributed by atoms with E-state index >= 15 is 0 Å². The van der Waals surface area contributed by atoms with Gasteiger partial charge in [-0.1, -0.05) is 11.6 Å². The standard InChI is InChI=1S/C14H18ClN3O3.ClH/c1-9(16)13(19)17-10-2-3-11(12(15)8-10)14(20)18-4-6-21-7-5-18;/h2-3,8-9H,4-7,16H2,1H3,(H,17,19);1H/t9-;/m0./s1. The number of nitrogens with one attached hydrogen (secondary N) is 1. The minimum atomic E-state index is -0.613. The fourth-order valence-corrected chi connectivity index (χ4v) is 2.22. The van der Waals surface area contributed by atoms with E-state index in [-0.39, 0.29) is 24.2 Å². The van der Waals surface area contributed by atoms with Crippen LogP contribution < -0.4 is 11.1 Å². The number of hydrogen-bond donors (Lipinski definition) is 2. The third kappa shape index (κ3) is 4.58. The molecule has 0 aromatic heterocycles. The quantitative estimate of drug-likeness (QED) is 0.867. The van der Waals surface area contributed by atoms with Crippen LogP contribution in [-0.2, 0) is 9.53 Å². The number of morpholine rings is 1. The van der Waals surface area contributed by atoms with Gasteiger partial charge in [0.05, 0.1) is 29.8 Å². The average Bonchev–Trinajstić information content (AvgIpc) is 2.47. The van der Waals surface area contributed by atoms with Gasteiger partial charge in [-0.3, -0.25) is 9.59 Å². The second kappa shape index (κ2) is 8.33. The van der Waals surface area contributed by atoms with Gasteiger partial charge in [0.15, 0.2) is 0 Å². The summed E-state index contributed by atoms with van der Waals surface area (Å²) in [6, 6.07) is 4.19. The molecular weight excluding hydrogens is 329 g/mol. The monoisotopic (exact) mass is 347 g/mol. The number of nitrogens with two attached hydrogens (primary N) is 1. The molecule has 122 valence electrons. The van der Waals surface area contributed by atoms with Crippen LogP contribution in [0, 0.1) is 0 Å². The van der Waals surface area contributed by atoms with Crippen LogP contribution in [0.3, 0.4) is 0 Å². The number of halogens is 2. The van der Waals surface area contributed by atoms with Crippen molar-refractivity contribution in [3.8, 4) is 0 Å². The van der Waals surface area contributed by atoms with Crippen LogP contribution in [0.2, 0.25) is 5.02 Å². The van der Waals surface area contributed by atoms with E-state index in [4.69, 9.17) is 22.1 Å². The number of nitrogens with zero attached hydrogens (tertiary/aromatic N) is 1. The Kier molecular flexibility index (Phi) is 7.09. The molecule has 0 aliphatic carbocycles. The first kappa shape index (κ1) is 18.7. The van der Waals surface area contributed by atoms with Crippen molar-refractivity contribution >= 4 is 41.5 Å². The van der Waals surface area contributed by atoms with E-state index in [9.17, 15) is 9.59 Å². The summed E-state index contributed by atoms with van der Waals surface area (Å²) in [5.41, 5.74) is 6.41. The van der Waals surface area contributed by atoms with E-state index in [1.807, 2.05) is 0 Å². The molecule has 0 saturated carbocycles. The molecule has 1 atom stereocenters. The number of rotatable bonds is 3. The maximum absolute atomic E-state index is 12.3. The van der Waals surface area contributed by atoms with E-state index in [2.05, 4.69) is 5.32 Å². The first-order valence-corrected chi connectivity index (χ1v) is 7.10. The minimum Gasteiger partial charge on any atom is -0.378 e. The molecule has 1 aliphatic rings. The number of carbonyl (C=O) groups is 2. The van der Waals surface area contributed by atoms with Crippen molar-refractivity contribution in [3.05, 3.63) is 28.8 Å². The summed E-state index contributed by atoms with van der Waals surface area (Å²) in [6.07, 6.45) is 0. The fraction of sp³-hybridized carbons (Fsp3) is 0.429. The van der Waals surface area contributed by atoms with Crippen molar-refractivity contribution in [2.75, 3.05) is 31.6 Å². The number of ether oxygens (including phenoxy) is 1. The molecule has 1 aromatic carbocycles. The lowest BCUT2D eigenvalue weighted by molar-refractivity contribution is -0.117. The lowest BCUT2D eigenvalue weighted by atomic mass is 10.1. The predicted octanol–water partition coefficient (Wildman–Crippen LogP) is 1.52. The van der Waals surface area contributed by atoms with Gasteiger partial charge < -0.3 is 20.7 Å². The smallest absolute Gasteiger partial charge is 0.255 e. The maximum Gasteiger partial charge on any atom is 0.255 e. The maximum atomic E-state index is 12.3. The van der Waals surface area contributed by atoms with Gasteiger partial charge >= 0.3 is 0 Å². The highest BCUT2D eigenvalue weighted by Crippen LogP contribution is 2.23. The second-order valence-corrected chi connectivity index (χ2v) is 5.28. The highest BCUT2D eigenvalue weighted by Gasteiger charge is 2.21. The number of anilines is 1. The second-order valence-electron chi connectivity index (χ2n) is 4.88. The molecular formula is C14H19Cl2N3O3. The summed E-state index contributed by atoms with van der Waals surface area (Å²) < 4.78 is 5.22. The molecule has 0 radical (unpaired) electrons. The molecule has 22 heavy (non-hydrogen) atoms. The van der Waals surface area contributed by atoms with Crippen molar-refractivity contribution in [1.29, 1.82) is 0 Å². The van der Waals surface area contributed by atoms with Crippen molar-refractivity contribution < 1.29 is 14.3 Å². The molecule has 6 nitrogen and oxygen atoms in total. The zero-order valence-electron chi connectivity index (χ0n) is 12.2. The summed E-state index contributed by atoms with van der Waals surface area (Å²) in [5.74, 6) is -0.438. The molecule has 0 spiro atoms. The van der Waals surface area contributed by atoms with Crippen LogP contribution >= 0.6 is 24.0 Å². The lowest BCUT2D eigenvalue weighted by Gasteiger charge is -2.27. The van der Waals surface area contributed by atoms with Crippen LogP contribution in [0.5, 0.6) is 0 Å². The largest absolute Gasteiger partial charge is 0.378 e. The number of carbonyl (C=O) groups excluding carboxylic acids is 2. The number of benzene rings is 1. The Hall–Kier alpha value is -1.34. The van der Waals surface area contributed by atoms with Crippen LogP contribution in [0.4, 0.5) is 5.69 Å². The van der Waals surface area contributed by atoms with Gasteiger partial charge in [0.25, 0.3) is 5.91 Å². The van der Waals surface area contributed by atoms with Gasteiger partial charge in [-0.25, -0.2) is 0 Å². The highest BCUT2D eigenvalue weighted by molar-refractivity contribution is 6.34. The van der Waals surface area contributed by atoms with Crippen LogP contribution in [-0.4, -0.2) is 49.1 Å². The molecule has 2 rings (SSSR count). The van der Waals surface area contributed by atoms with Crippen LogP contribution in [0.1, 0.15) is 17.3 Å². The first-order chi connectivity index (χ1) is 9.99. The molecule has 8 heteroatoms. The summed E-state index contributed by atoms with van der Waals surface area (Å²) >= 11 is 6.15. The summed E-state index contributed by atoms with van der Waals surface area (Å²) in [5, 5.41) is 2.93. The molecule has 1 heterocycles. The first-order valence-electron chi connectivity index (χ1n) is 6.72. The minimum absolute atomic E-state index is 0. The molecule has 1 fully saturated rings. The van der Waals surface area contributed by atoms with E-state index < -0.39 is 6.04 Å². The molecule has 2 amide bonds. The number of hydrogen-bond acceptors (Lipinski definition) is 4. The average molecular weight is 348 g/mol. The molecule has 0 unspecified atom stereocenters. The van der Waals surface area contributed by atoms with Crippen LogP contribution in [0.25, 0.3) is 0 Å². The van der Waals surface area contributed by atoms with Crippen molar-refractivity contribution in [2.45, 2.75) is 13.0 Å². The zero-order chi connectivity index (χ0) is 15.4. The van der Waals surface area contributed by atoms with Crippen molar-refractivity contribution in [3.63, 3.8) is 0 Å². The van der Waals surface area contributed by atoms with Gasteiger partial charge in [0.2, 0.25) is 5.91 Å². The lowest BCUT2D eigenvalue weighted by Crippen LogP contribution is -2.40. The molecule has 3 N–H and O–H groups in total. The van der Waals surface area contributed by atoms with Gasteiger partial charge in [-0.15, -0.1) is 12.4 Å². The summed E-state index contributed by atoms with van der Waals surface area (Å²) in [4.78, 5) is 25.6. The molecule has 0 bridgehead atoms. The van der Waals surface area contributed by atoms with E-state index in [0.29, 0.717) is 42.6 Å². The summed E-state index contributed by atoms with van der Waals surface area (Å²) in [6.45, 7) is 3.77. The van der Waals surface area contributed by atoms with Gasteiger partial charge in [-0.05, 0) is 25.1 Å². The van der Waals surface area contributed by atoms with Crippen LogP contribution in [0.15, 0.2) is 18.2 Å². The van der Waals surface area contributed by atoms with Crippen molar-refractivity contribution in [2.24, 2.45) is 5.73 Å². The van der Waals surface area contributed by atoms with Crippen molar-refractivity contribution in [1.82, 2.24) is 4.90 Å². The third-order valence-corrected chi connectivity index (χ3v) is 3.49. The Bertz CT molecular complexity index is 546. The molecule has 1 aromatic rings. The topological polar surface area (TPSA) is 84.7 Å². The fourth-order valence-electron chi connectivity index (χ4n) is 1.96. The van der Waals surface area contributed by atoms with Gasteiger partial charge in [0.1, 0.15) is 0 Å². The van der Waals surface area contributed by atoms with Gasteiger partial charge in [-0.2, -0.15) is 0 Å². The van der Waals surface area contributed by atoms with E-state index in [1.165, 1.54) is 0 Å². The normalized spacial score (nSPS) is 15.7. The Morgan fingerprint density at radius 1 is 1.36 bits per heavy atom. The highest BCUT2D eigenvalue weighted by atomic mass is 35.5. The predicted molar refractivity (Wildman–Crippen MR) is 87.7 cm³/mol. The zero-order valence-corrected chi connectivity index (χ0v) is 13.7. The molecule has 1 saturated heterocycles. The Balaban J connectivity index is 0.00000242. The van der Waals surface area contributed by atoms with E-state index in [0.717, 1.165) is 0 Å². The Morgan fingerprint density at radius 3 is 2.55 bits per heavy atom. The Labute approximate surface area is 140 Å². The van der Waals surface area contributed by atoms with E-state index in [1.54, 1.807) is 30.0 Å². The molecule has 1 aliphatic heterocycles. The number of amides is 2. The third-order valence-electron chi connectivity index (χ3n) is 3.18. The Morgan fingerprint density at radius 2 is 2.00 bits per heavy atom. The SMILES string of the molecule is C[C@H](N)C(=O)Nc1ccc(C(=O)N2CCOCC2)c(Cl)c1.Cl. The summed E-state index contributed by atoms with van der Waals surface area (Å²) in [7, 11) is 0.